The molecule has 5 heteroatoms. The molecule has 0 saturated heterocycles. The Morgan fingerprint density at radius 3 is 3.28 bits per heavy atom. The number of hydrogen-bond acceptors (Lipinski definition) is 2. The highest BCUT2D eigenvalue weighted by Gasteiger charge is 2.39. The van der Waals surface area contributed by atoms with Gasteiger partial charge in [0, 0.05) is 12.7 Å². The van der Waals surface area contributed by atoms with Crippen LogP contribution < -0.4 is 5.32 Å². The van der Waals surface area contributed by atoms with Crippen molar-refractivity contribution in [2.75, 3.05) is 6.54 Å². The van der Waals surface area contributed by atoms with E-state index >= 15 is 0 Å². The maximum Gasteiger partial charge on any atom is 0.404 e. The lowest BCUT2D eigenvalue weighted by atomic mass is 10.1. The SMILES string of the molecule is Cc1cc2c(C3CC3CNC(=O)O)cccn2n1. The van der Waals surface area contributed by atoms with E-state index in [2.05, 4.69) is 22.5 Å². The minimum atomic E-state index is -0.945. The zero-order valence-corrected chi connectivity index (χ0v) is 10.1. The van der Waals surface area contributed by atoms with Gasteiger partial charge in [0.1, 0.15) is 0 Å². The summed E-state index contributed by atoms with van der Waals surface area (Å²) >= 11 is 0. The average molecular weight is 245 g/mol. The summed E-state index contributed by atoms with van der Waals surface area (Å²) in [6.07, 6.45) is 2.04. The second-order valence-electron chi connectivity index (χ2n) is 4.87. The van der Waals surface area contributed by atoms with Gasteiger partial charge in [-0.05, 0) is 42.9 Å². The summed E-state index contributed by atoms with van der Waals surface area (Å²) in [5.74, 6) is 0.874. The van der Waals surface area contributed by atoms with Crippen molar-refractivity contribution in [3.05, 3.63) is 35.7 Å². The Hall–Kier alpha value is -2.04. The number of amides is 1. The minimum Gasteiger partial charge on any atom is -0.465 e. The summed E-state index contributed by atoms with van der Waals surface area (Å²) in [5, 5.41) is 15.4. The van der Waals surface area contributed by atoms with Crippen LogP contribution in [-0.4, -0.2) is 27.4 Å². The quantitative estimate of drug-likeness (QED) is 0.869. The second kappa shape index (κ2) is 4.01. The fourth-order valence-corrected chi connectivity index (χ4v) is 2.55. The van der Waals surface area contributed by atoms with E-state index in [1.54, 1.807) is 0 Å². The van der Waals surface area contributed by atoms with Crippen LogP contribution in [0.2, 0.25) is 0 Å². The van der Waals surface area contributed by atoms with Gasteiger partial charge in [0.25, 0.3) is 0 Å². The summed E-state index contributed by atoms with van der Waals surface area (Å²) in [6.45, 7) is 2.52. The van der Waals surface area contributed by atoms with Gasteiger partial charge in [-0.25, -0.2) is 9.31 Å². The van der Waals surface area contributed by atoms with E-state index in [1.165, 1.54) is 5.56 Å². The monoisotopic (exact) mass is 245 g/mol. The lowest BCUT2D eigenvalue weighted by Gasteiger charge is -2.03. The molecule has 2 heterocycles. The molecule has 2 N–H and O–H groups in total. The molecule has 18 heavy (non-hydrogen) atoms. The van der Waals surface area contributed by atoms with Crippen LogP contribution in [0.5, 0.6) is 0 Å². The predicted molar refractivity (Wildman–Crippen MR) is 66.8 cm³/mol. The summed E-state index contributed by atoms with van der Waals surface area (Å²) in [4.78, 5) is 10.5. The number of carbonyl (C=O) groups is 1. The van der Waals surface area contributed by atoms with Crippen molar-refractivity contribution < 1.29 is 9.90 Å². The standard InChI is InChI=1S/C13H15N3O2/c1-8-5-12-10(3-2-4-16(12)15-8)11-6-9(11)7-14-13(17)18/h2-5,9,11,14H,6-7H2,1H3,(H,17,18). The molecule has 1 saturated carbocycles. The number of nitrogens with one attached hydrogen (secondary N) is 1. The third-order valence-corrected chi connectivity index (χ3v) is 3.49. The molecule has 1 aliphatic carbocycles. The van der Waals surface area contributed by atoms with Crippen molar-refractivity contribution >= 4 is 11.6 Å². The molecule has 1 fully saturated rings. The molecule has 1 amide bonds. The lowest BCUT2D eigenvalue weighted by molar-refractivity contribution is 0.194. The van der Waals surface area contributed by atoms with Crippen molar-refractivity contribution in [1.82, 2.24) is 14.9 Å². The van der Waals surface area contributed by atoms with E-state index in [9.17, 15) is 4.79 Å². The van der Waals surface area contributed by atoms with Crippen molar-refractivity contribution in [2.24, 2.45) is 5.92 Å². The van der Waals surface area contributed by atoms with Gasteiger partial charge in [-0.3, -0.25) is 0 Å². The molecule has 94 valence electrons. The number of carboxylic acid groups (broad SMARTS) is 1. The smallest absolute Gasteiger partial charge is 0.404 e. The van der Waals surface area contributed by atoms with E-state index in [4.69, 9.17) is 5.11 Å². The molecule has 1 aliphatic rings. The van der Waals surface area contributed by atoms with Gasteiger partial charge in [-0.2, -0.15) is 5.10 Å². The van der Waals surface area contributed by atoms with E-state index < -0.39 is 6.09 Å². The van der Waals surface area contributed by atoms with Crippen molar-refractivity contribution in [2.45, 2.75) is 19.3 Å². The van der Waals surface area contributed by atoms with Gasteiger partial charge in [0.2, 0.25) is 0 Å². The first-order valence-electron chi connectivity index (χ1n) is 6.07. The Morgan fingerprint density at radius 2 is 2.50 bits per heavy atom. The molecule has 2 aromatic rings. The Balaban J connectivity index is 1.81. The zero-order chi connectivity index (χ0) is 12.7. The third-order valence-electron chi connectivity index (χ3n) is 3.49. The highest BCUT2D eigenvalue weighted by Crippen LogP contribution is 2.48. The molecule has 2 atom stereocenters. The first kappa shape index (κ1) is 11.1. The molecule has 3 rings (SSSR count). The fraction of sp³-hybridized carbons (Fsp3) is 0.385. The minimum absolute atomic E-state index is 0.419. The predicted octanol–water partition coefficient (Wildman–Crippen LogP) is 2.01. The Bertz CT molecular complexity index is 605. The van der Waals surface area contributed by atoms with E-state index in [0.29, 0.717) is 18.4 Å². The second-order valence-corrected chi connectivity index (χ2v) is 4.87. The fourth-order valence-electron chi connectivity index (χ4n) is 2.55. The molecule has 0 bridgehead atoms. The van der Waals surface area contributed by atoms with Gasteiger partial charge in [-0.15, -0.1) is 0 Å². The maximum absolute atomic E-state index is 10.5. The average Bonchev–Trinajstić information content (AvgIpc) is 2.98. The van der Waals surface area contributed by atoms with Crippen molar-refractivity contribution in [1.29, 1.82) is 0 Å². The molecule has 2 unspecified atom stereocenters. The maximum atomic E-state index is 10.5. The van der Waals surface area contributed by atoms with Crippen LogP contribution in [0.15, 0.2) is 24.4 Å². The van der Waals surface area contributed by atoms with Gasteiger partial charge in [-0.1, -0.05) is 6.07 Å². The Kier molecular flexibility index (Phi) is 2.47. The molecule has 0 radical (unpaired) electrons. The number of rotatable bonds is 3. The molecular formula is C13H15N3O2. The number of pyridine rings is 1. The van der Waals surface area contributed by atoms with E-state index in [0.717, 1.165) is 17.6 Å². The summed E-state index contributed by atoms with van der Waals surface area (Å²) in [6, 6.07) is 6.19. The number of fused-ring (bicyclic) bond motifs is 1. The van der Waals surface area contributed by atoms with Crippen LogP contribution in [0, 0.1) is 12.8 Å². The number of nitrogens with zero attached hydrogens (tertiary/aromatic N) is 2. The van der Waals surface area contributed by atoms with Gasteiger partial charge in [0.05, 0.1) is 11.2 Å². The van der Waals surface area contributed by atoms with E-state index in [1.807, 2.05) is 23.7 Å². The van der Waals surface area contributed by atoms with Crippen LogP contribution in [0.4, 0.5) is 4.79 Å². The van der Waals surface area contributed by atoms with Crippen molar-refractivity contribution in [3.8, 4) is 0 Å². The van der Waals surface area contributed by atoms with Gasteiger partial charge >= 0.3 is 6.09 Å². The topological polar surface area (TPSA) is 66.6 Å². The molecule has 2 aromatic heterocycles. The van der Waals surface area contributed by atoms with Crippen LogP contribution in [0.3, 0.4) is 0 Å². The van der Waals surface area contributed by atoms with Crippen LogP contribution in [0.25, 0.3) is 5.52 Å². The van der Waals surface area contributed by atoms with Gasteiger partial charge < -0.3 is 10.4 Å². The summed E-state index contributed by atoms with van der Waals surface area (Å²) in [5.41, 5.74) is 3.41. The molecule has 0 spiro atoms. The highest BCUT2D eigenvalue weighted by atomic mass is 16.4. The number of hydrogen-bond donors (Lipinski definition) is 2. The number of aromatic nitrogens is 2. The largest absolute Gasteiger partial charge is 0.465 e. The lowest BCUT2D eigenvalue weighted by Crippen LogP contribution is -2.23. The summed E-state index contributed by atoms with van der Waals surface area (Å²) in [7, 11) is 0. The van der Waals surface area contributed by atoms with E-state index in [-0.39, 0.29) is 0 Å². The Labute approximate surface area is 104 Å². The molecule has 0 aromatic carbocycles. The summed E-state index contributed by atoms with van der Waals surface area (Å²) < 4.78 is 1.89. The number of aryl methyl sites for hydroxylation is 1. The van der Waals surface area contributed by atoms with Crippen LogP contribution in [-0.2, 0) is 0 Å². The molecular weight excluding hydrogens is 230 g/mol. The highest BCUT2D eigenvalue weighted by molar-refractivity contribution is 5.64. The zero-order valence-electron chi connectivity index (χ0n) is 10.1. The normalized spacial score (nSPS) is 22.1. The Morgan fingerprint density at radius 1 is 1.67 bits per heavy atom. The first-order valence-corrected chi connectivity index (χ1v) is 6.07. The van der Waals surface area contributed by atoms with Gasteiger partial charge in [0.15, 0.2) is 0 Å². The first-order chi connectivity index (χ1) is 8.65. The van der Waals surface area contributed by atoms with Crippen molar-refractivity contribution in [3.63, 3.8) is 0 Å². The molecule has 5 nitrogen and oxygen atoms in total. The van der Waals surface area contributed by atoms with Crippen LogP contribution >= 0.6 is 0 Å². The third kappa shape index (κ3) is 1.92. The van der Waals surface area contributed by atoms with Crippen LogP contribution in [0.1, 0.15) is 23.6 Å². The molecule has 0 aliphatic heterocycles.